The highest BCUT2D eigenvalue weighted by Gasteiger charge is 2.35. The van der Waals surface area contributed by atoms with Gasteiger partial charge in [-0.05, 0) is 42.2 Å². The van der Waals surface area contributed by atoms with Crippen LogP contribution in [-0.4, -0.2) is 29.6 Å². The molecule has 2 heterocycles. The molecule has 1 aliphatic carbocycles. The minimum absolute atomic E-state index is 0.182. The van der Waals surface area contributed by atoms with Crippen LogP contribution in [0.2, 0.25) is 5.02 Å². The van der Waals surface area contributed by atoms with Crippen LogP contribution >= 0.6 is 11.6 Å². The Morgan fingerprint density at radius 2 is 2.24 bits per heavy atom. The molecule has 0 spiro atoms. The van der Waals surface area contributed by atoms with E-state index in [2.05, 4.69) is 23.2 Å². The van der Waals surface area contributed by atoms with E-state index in [-0.39, 0.29) is 12.1 Å². The maximum absolute atomic E-state index is 12.4. The van der Waals surface area contributed by atoms with Crippen LogP contribution in [0, 0.1) is 0 Å². The third kappa shape index (κ3) is 2.76. The van der Waals surface area contributed by atoms with Crippen molar-refractivity contribution in [2.24, 2.45) is 0 Å². The SMILES string of the molecule is COC(=O)N1CCc2c([nH]c3ccc(Cl)cc23)C1C1=CCC=CC=C1. The van der Waals surface area contributed by atoms with Crippen molar-refractivity contribution in [3.8, 4) is 0 Å². The molecule has 0 saturated heterocycles. The molecule has 1 N–H and O–H groups in total. The van der Waals surface area contributed by atoms with E-state index >= 15 is 0 Å². The van der Waals surface area contributed by atoms with Crippen LogP contribution in [0.1, 0.15) is 23.7 Å². The molecule has 1 aromatic carbocycles. The molecule has 0 radical (unpaired) electrons. The summed E-state index contributed by atoms with van der Waals surface area (Å²) in [6.45, 7) is 0.614. The Balaban J connectivity index is 1.89. The van der Waals surface area contributed by atoms with Gasteiger partial charge >= 0.3 is 6.09 Å². The van der Waals surface area contributed by atoms with Crippen LogP contribution in [0.5, 0.6) is 0 Å². The maximum Gasteiger partial charge on any atom is 0.410 e. The summed E-state index contributed by atoms with van der Waals surface area (Å²) < 4.78 is 5.04. The largest absolute Gasteiger partial charge is 0.453 e. The van der Waals surface area contributed by atoms with Gasteiger partial charge in [0.15, 0.2) is 0 Å². The number of hydrogen-bond donors (Lipinski definition) is 1. The smallest absolute Gasteiger partial charge is 0.410 e. The number of nitrogens with zero attached hydrogens (tertiary/aromatic N) is 1. The first kappa shape index (κ1) is 16.0. The van der Waals surface area contributed by atoms with Gasteiger partial charge in [0, 0.05) is 28.2 Å². The van der Waals surface area contributed by atoms with Crippen LogP contribution in [0.25, 0.3) is 10.9 Å². The van der Waals surface area contributed by atoms with Crippen LogP contribution < -0.4 is 0 Å². The van der Waals surface area contributed by atoms with Crippen molar-refractivity contribution in [2.45, 2.75) is 18.9 Å². The van der Waals surface area contributed by atoms with E-state index < -0.39 is 0 Å². The maximum atomic E-state index is 12.4. The average molecular weight is 355 g/mol. The number of ether oxygens (including phenoxy) is 1. The second-order valence-electron chi connectivity index (χ2n) is 6.25. The van der Waals surface area contributed by atoms with E-state index in [9.17, 15) is 4.79 Å². The van der Waals surface area contributed by atoms with E-state index in [1.54, 1.807) is 4.90 Å². The van der Waals surface area contributed by atoms with Crippen LogP contribution in [0.15, 0.2) is 54.2 Å². The molecule has 0 saturated carbocycles. The zero-order chi connectivity index (χ0) is 17.4. The predicted octanol–water partition coefficient (Wildman–Crippen LogP) is 4.93. The van der Waals surface area contributed by atoms with Gasteiger partial charge in [0.25, 0.3) is 0 Å². The molecule has 2 aliphatic rings. The number of carbonyl (C=O) groups is 1. The van der Waals surface area contributed by atoms with Crippen molar-refractivity contribution in [2.75, 3.05) is 13.7 Å². The average Bonchev–Trinajstić information content (AvgIpc) is 2.80. The highest BCUT2D eigenvalue weighted by atomic mass is 35.5. The molecule has 4 rings (SSSR count). The molecule has 4 nitrogen and oxygen atoms in total. The van der Waals surface area contributed by atoms with Crippen LogP contribution in [0.3, 0.4) is 0 Å². The summed E-state index contributed by atoms with van der Waals surface area (Å²) >= 11 is 6.20. The van der Waals surface area contributed by atoms with Gasteiger partial charge in [-0.1, -0.05) is 42.0 Å². The molecule has 0 fully saturated rings. The normalized spacial score (nSPS) is 19.5. The fraction of sp³-hybridized carbons (Fsp3) is 0.250. The van der Waals surface area contributed by atoms with Crippen molar-refractivity contribution in [1.82, 2.24) is 9.88 Å². The summed E-state index contributed by atoms with van der Waals surface area (Å²) in [6, 6.07) is 5.69. The van der Waals surface area contributed by atoms with Gasteiger partial charge in [0.05, 0.1) is 7.11 Å². The lowest BCUT2D eigenvalue weighted by atomic mass is 9.92. The monoisotopic (exact) mass is 354 g/mol. The molecule has 1 amide bonds. The number of methoxy groups -OCH3 is 1. The van der Waals surface area contributed by atoms with Gasteiger partial charge < -0.3 is 9.72 Å². The molecule has 5 heteroatoms. The van der Waals surface area contributed by atoms with Crippen molar-refractivity contribution in [3.63, 3.8) is 0 Å². The van der Waals surface area contributed by atoms with Gasteiger partial charge in [0.2, 0.25) is 0 Å². The first-order valence-electron chi connectivity index (χ1n) is 8.37. The van der Waals surface area contributed by atoms with Crippen LogP contribution in [0.4, 0.5) is 4.79 Å². The third-order valence-corrected chi connectivity index (χ3v) is 5.07. The summed E-state index contributed by atoms with van der Waals surface area (Å²) in [7, 11) is 1.43. The number of amides is 1. The summed E-state index contributed by atoms with van der Waals surface area (Å²) in [4.78, 5) is 17.7. The first-order valence-corrected chi connectivity index (χ1v) is 8.74. The second-order valence-corrected chi connectivity index (χ2v) is 6.69. The lowest BCUT2D eigenvalue weighted by Gasteiger charge is -2.35. The highest BCUT2D eigenvalue weighted by molar-refractivity contribution is 6.31. The molecule has 25 heavy (non-hydrogen) atoms. The van der Waals surface area contributed by atoms with Gasteiger partial charge in [0.1, 0.15) is 6.04 Å². The Kier molecular flexibility index (Phi) is 4.14. The molecule has 1 aromatic heterocycles. The molecule has 1 unspecified atom stereocenters. The Morgan fingerprint density at radius 1 is 1.36 bits per heavy atom. The number of allylic oxidation sites excluding steroid dienone is 4. The fourth-order valence-corrected chi connectivity index (χ4v) is 3.89. The quantitative estimate of drug-likeness (QED) is 0.789. The predicted molar refractivity (Wildman–Crippen MR) is 99.8 cm³/mol. The molecule has 1 atom stereocenters. The molecule has 2 aromatic rings. The van der Waals surface area contributed by atoms with E-state index in [1.807, 2.05) is 30.4 Å². The van der Waals surface area contributed by atoms with Crippen molar-refractivity contribution in [1.29, 1.82) is 0 Å². The number of carbonyl (C=O) groups excluding carboxylic acids is 1. The van der Waals surface area contributed by atoms with E-state index in [0.717, 1.165) is 40.0 Å². The minimum Gasteiger partial charge on any atom is -0.453 e. The minimum atomic E-state index is -0.307. The van der Waals surface area contributed by atoms with Crippen molar-refractivity contribution >= 4 is 28.6 Å². The molecular formula is C20H19ClN2O2. The second kappa shape index (κ2) is 6.45. The third-order valence-electron chi connectivity index (χ3n) is 4.84. The van der Waals surface area contributed by atoms with Crippen molar-refractivity contribution < 1.29 is 9.53 Å². The standard InChI is InChI=1S/C20H19ClN2O2/c1-25-20(24)23-11-10-15-16-12-14(21)8-9-17(16)22-18(15)19(23)13-6-4-2-3-5-7-13/h2-4,6-9,12,19,22H,5,10-11H2,1H3. The zero-order valence-corrected chi connectivity index (χ0v) is 14.7. The first-order chi connectivity index (χ1) is 12.2. The van der Waals surface area contributed by atoms with E-state index in [0.29, 0.717) is 6.54 Å². The Hall–Kier alpha value is -2.46. The molecule has 1 aliphatic heterocycles. The van der Waals surface area contributed by atoms with Gasteiger partial charge in [-0.25, -0.2) is 4.79 Å². The number of nitrogens with one attached hydrogen (secondary N) is 1. The van der Waals surface area contributed by atoms with Gasteiger partial charge in [-0.2, -0.15) is 0 Å². The number of benzene rings is 1. The number of aromatic nitrogens is 1. The molecule has 0 bridgehead atoms. The number of fused-ring (bicyclic) bond motifs is 3. The van der Waals surface area contributed by atoms with Gasteiger partial charge in [-0.15, -0.1) is 0 Å². The molecule has 128 valence electrons. The Bertz CT molecular complexity index is 923. The lowest BCUT2D eigenvalue weighted by Crippen LogP contribution is -2.40. The summed E-state index contributed by atoms with van der Waals surface area (Å²) in [5.41, 5.74) is 4.41. The van der Waals surface area contributed by atoms with E-state index in [1.165, 1.54) is 12.7 Å². The summed E-state index contributed by atoms with van der Waals surface area (Å²) in [5.74, 6) is 0. The number of aromatic amines is 1. The van der Waals surface area contributed by atoms with Gasteiger partial charge in [-0.3, -0.25) is 4.90 Å². The summed E-state index contributed by atoms with van der Waals surface area (Å²) in [5, 5.41) is 1.85. The highest BCUT2D eigenvalue weighted by Crippen LogP contribution is 2.40. The lowest BCUT2D eigenvalue weighted by molar-refractivity contribution is 0.108. The van der Waals surface area contributed by atoms with Crippen LogP contribution in [-0.2, 0) is 11.2 Å². The van der Waals surface area contributed by atoms with Crippen molar-refractivity contribution in [3.05, 3.63) is 70.4 Å². The number of rotatable bonds is 1. The number of H-pyrrole nitrogens is 1. The summed E-state index contributed by atoms with van der Waals surface area (Å²) in [6.07, 6.45) is 11.7. The molecular weight excluding hydrogens is 336 g/mol. The topological polar surface area (TPSA) is 45.3 Å². The Labute approximate surface area is 151 Å². The number of halogens is 1. The van der Waals surface area contributed by atoms with E-state index in [4.69, 9.17) is 16.3 Å². The zero-order valence-electron chi connectivity index (χ0n) is 14.0. The Morgan fingerprint density at radius 3 is 3.08 bits per heavy atom. The number of hydrogen-bond acceptors (Lipinski definition) is 2. The fourth-order valence-electron chi connectivity index (χ4n) is 3.72.